The second-order valence-electron chi connectivity index (χ2n) is 8.68. The molecule has 2 amide bonds. The number of carbonyl (C=O) groups excluding carboxylic acids is 2. The molecule has 0 aliphatic carbocycles. The summed E-state index contributed by atoms with van der Waals surface area (Å²) in [7, 11) is -4.25. The molecule has 2 rings (SSSR count). The summed E-state index contributed by atoms with van der Waals surface area (Å²) >= 11 is 6.09. The van der Waals surface area contributed by atoms with Crippen molar-refractivity contribution in [3.05, 3.63) is 64.7 Å². The maximum absolute atomic E-state index is 13.6. The number of anilines is 1. The standard InChI is InChI=1S/C25H31ClF3N3O4S/c1-5-17(3)30-24(34)21(6-2)31(15-18-10-8-7-9-11-18)23(33)16-32(37(4,35)36)22-14-19(25(27,28)29)12-13-20(22)26/h7-14,17,21H,5-6,15-16H2,1-4H3,(H,30,34)/t17-,21+/m0/s1. The van der Waals surface area contributed by atoms with E-state index in [0.29, 0.717) is 22.4 Å². The van der Waals surface area contributed by atoms with Gasteiger partial charge in [-0.25, -0.2) is 8.42 Å². The monoisotopic (exact) mass is 561 g/mol. The van der Waals surface area contributed by atoms with Crippen molar-refractivity contribution in [2.24, 2.45) is 0 Å². The molecule has 1 N–H and O–H groups in total. The number of alkyl halides is 3. The van der Waals surface area contributed by atoms with Crippen molar-refractivity contribution < 1.29 is 31.2 Å². The first-order chi connectivity index (χ1) is 17.2. The number of rotatable bonds is 11. The van der Waals surface area contributed by atoms with Gasteiger partial charge in [0.25, 0.3) is 0 Å². The van der Waals surface area contributed by atoms with Gasteiger partial charge in [0, 0.05) is 12.6 Å². The Balaban J connectivity index is 2.52. The van der Waals surface area contributed by atoms with Crippen LogP contribution in [0.3, 0.4) is 0 Å². The Kier molecular flexibility index (Phi) is 10.4. The topological polar surface area (TPSA) is 86.8 Å². The molecule has 0 unspecified atom stereocenters. The molecule has 0 spiro atoms. The third kappa shape index (κ3) is 8.36. The zero-order valence-corrected chi connectivity index (χ0v) is 22.6. The van der Waals surface area contributed by atoms with Gasteiger partial charge in [0.05, 0.1) is 22.5 Å². The molecule has 12 heteroatoms. The number of amides is 2. The van der Waals surface area contributed by atoms with Crippen molar-refractivity contribution in [2.45, 2.75) is 58.4 Å². The molecule has 2 aromatic rings. The number of hydrogen-bond acceptors (Lipinski definition) is 4. The number of carbonyl (C=O) groups is 2. The first kappa shape index (κ1) is 30.4. The molecule has 37 heavy (non-hydrogen) atoms. The average Bonchev–Trinajstić information content (AvgIpc) is 2.81. The van der Waals surface area contributed by atoms with Gasteiger partial charge in [-0.15, -0.1) is 0 Å². The second kappa shape index (κ2) is 12.6. The average molecular weight is 562 g/mol. The van der Waals surface area contributed by atoms with Gasteiger partial charge in [-0.1, -0.05) is 55.8 Å². The summed E-state index contributed by atoms with van der Waals surface area (Å²) in [5, 5.41) is 2.56. The van der Waals surface area contributed by atoms with E-state index in [2.05, 4.69) is 5.32 Å². The van der Waals surface area contributed by atoms with Crippen LogP contribution in [0, 0.1) is 0 Å². The Labute approximate surface area is 220 Å². The molecule has 0 aliphatic rings. The van der Waals surface area contributed by atoms with Crippen LogP contribution in [0.5, 0.6) is 0 Å². The fraction of sp³-hybridized carbons (Fsp3) is 0.440. The van der Waals surface area contributed by atoms with Crippen molar-refractivity contribution in [1.82, 2.24) is 10.2 Å². The lowest BCUT2D eigenvalue weighted by atomic mass is 10.1. The summed E-state index contributed by atoms with van der Waals surface area (Å²) in [6.07, 6.45) is -3.10. The minimum absolute atomic E-state index is 0.0139. The Hall–Kier alpha value is -2.79. The highest BCUT2D eigenvalue weighted by molar-refractivity contribution is 7.92. The van der Waals surface area contributed by atoms with Crippen molar-refractivity contribution in [3.8, 4) is 0 Å². The van der Waals surface area contributed by atoms with Crippen LogP contribution < -0.4 is 9.62 Å². The third-order valence-corrected chi connectivity index (χ3v) is 7.25. The van der Waals surface area contributed by atoms with Gasteiger partial charge >= 0.3 is 6.18 Å². The lowest BCUT2D eigenvalue weighted by Crippen LogP contribution is -2.53. The molecule has 0 heterocycles. The van der Waals surface area contributed by atoms with E-state index in [4.69, 9.17) is 11.6 Å². The molecular weight excluding hydrogens is 531 g/mol. The Morgan fingerprint density at radius 3 is 2.19 bits per heavy atom. The van der Waals surface area contributed by atoms with Gasteiger partial charge in [0.1, 0.15) is 12.6 Å². The zero-order chi connectivity index (χ0) is 28.0. The second-order valence-corrected chi connectivity index (χ2v) is 11.0. The lowest BCUT2D eigenvalue weighted by Gasteiger charge is -2.33. The first-order valence-corrected chi connectivity index (χ1v) is 13.9. The van der Waals surface area contributed by atoms with Crippen LogP contribution in [0.25, 0.3) is 0 Å². The summed E-state index contributed by atoms with van der Waals surface area (Å²) in [5.41, 5.74) is -0.911. The van der Waals surface area contributed by atoms with E-state index in [9.17, 15) is 31.2 Å². The maximum atomic E-state index is 13.6. The molecule has 0 bridgehead atoms. The molecule has 0 saturated heterocycles. The summed E-state index contributed by atoms with van der Waals surface area (Å²) in [5.74, 6) is -1.18. The molecule has 2 atom stereocenters. The highest BCUT2D eigenvalue weighted by Gasteiger charge is 2.35. The Bertz CT molecular complexity index is 1190. The summed E-state index contributed by atoms with van der Waals surface area (Å²) in [4.78, 5) is 27.9. The smallest absolute Gasteiger partial charge is 0.352 e. The van der Waals surface area contributed by atoms with Crippen LogP contribution >= 0.6 is 11.6 Å². The highest BCUT2D eigenvalue weighted by atomic mass is 35.5. The number of nitrogens with one attached hydrogen (secondary N) is 1. The molecule has 2 aromatic carbocycles. The first-order valence-electron chi connectivity index (χ1n) is 11.7. The molecule has 0 radical (unpaired) electrons. The number of halogens is 4. The molecule has 0 saturated carbocycles. The van der Waals surface area contributed by atoms with Crippen molar-refractivity contribution >= 4 is 39.1 Å². The van der Waals surface area contributed by atoms with Gasteiger partial charge in [-0.3, -0.25) is 13.9 Å². The quantitative estimate of drug-likeness (QED) is 0.425. The number of nitrogens with zero attached hydrogens (tertiary/aromatic N) is 2. The van der Waals surface area contributed by atoms with E-state index in [0.717, 1.165) is 18.4 Å². The van der Waals surface area contributed by atoms with Crippen LogP contribution in [-0.2, 0) is 32.3 Å². The molecule has 0 aliphatic heterocycles. The normalized spacial score (nSPS) is 13.5. The highest BCUT2D eigenvalue weighted by Crippen LogP contribution is 2.36. The van der Waals surface area contributed by atoms with Crippen LogP contribution in [0.1, 0.15) is 44.7 Å². The van der Waals surface area contributed by atoms with Crippen molar-refractivity contribution in [2.75, 3.05) is 17.1 Å². The lowest BCUT2D eigenvalue weighted by molar-refractivity contribution is -0.140. The van der Waals surface area contributed by atoms with Gasteiger partial charge in [0.2, 0.25) is 21.8 Å². The van der Waals surface area contributed by atoms with Crippen LogP contribution in [0.4, 0.5) is 18.9 Å². The van der Waals surface area contributed by atoms with Crippen LogP contribution in [0.15, 0.2) is 48.5 Å². The molecular formula is C25H31ClF3N3O4S. The molecule has 7 nitrogen and oxygen atoms in total. The summed E-state index contributed by atoms with van der Waals surface area (Å²) in [6.45, 7) is 4.56. The zero-order valence-electron chi connectivity index (χ0n) is 21.0. The van der Waals surface area contributed by atoms with E-state index in [1.807, 2.05) is 13.8 Å². The minimum Gasteiger partial charge on any atom is -0.352 e. The molecule has 0 aromatic heterocycles. The van der Waals surface area contributed by atoms with Gasteiger partial charge in [-0.05, 0) is 43.5 Å². The number of hydrogen-bond donors (Lipinski definition) is 1. The fourth-order valence-electron chi connectivity index (χ4n) is 3.62. The largest absolute Gasteiger partial charge is 0.416 e. The summed E-state index contributed by atoms with van der Waals surface area (Å²) < 4.78 is 65.8. The van der Waals surface area contributed by atoms with E-state index in [-0.39, 0.29) is 24.0 Å². The van der Waals surface area contributed by atoms with Crippen molar-refractivity contribution in [1.29, 1.82) is 0 Å². The minimum atomic E-state index is -4.76. The van der Waals surface area contributed by atoms with E-state index < -0.39 is 51.9 Å². The van der Waals surface area contributed by atoms with Gasteiger partial charge in [-0.2, -0.15) is 13.2 Å². The molecule has 0 fully saturated rings. The predicted octanol–water partition coefficient (Wildman–Crippen LogP) is 4.85. The van der Waals surface area contributed by atoms with Gasteiger partial charge in [0.15, 0.2) is 0 Å². The van der Waals surface area contributed by atoms with Crippen LogP contribution in [-0.4, -0.2) is 50.0 Å². The number of benzene rings is 2. The predicted molar refractivity (Wildman–Crippen MR) is 138 cm³/mol. The summed E-state index contributed by atoms with van der Waals surface area (Å²) in [6, 6.07) is 9.92. The number of sulfonamides is 1. The fourth-order valence-corrected chi connectivity index (χ4v) is 4.74. The third-order valence-electron chi connectivity index (χ3n) is 5.80. The van der Waals surface area contributed by atoms with E-state index in [1.54, 1.807) is 37.3 Å². The van der Waals surface area contributed by atoms with Crippen LogP contribution in [0.2, 0.25) is 5.02 Å². The molecule has 204 valence electrons. The SMILES string of the molecule is CC[C@H](C(=O)N[C@@H](C)CC)N(Cc1ccccc1)C(=O)CN(c1cc(C(F)(F)F)ccc1Cl)S(C)(=O)=O. The van der Waals surface area contributed by atoms with E-state index >= 15 is 0 Å². The van der Waals surface area contributed by atoms with Crippen molar-refractivity contribution in [3.63, 3.8) is 0 Å². The van der Waals surface area contributed by atoms with E-state index in [1.165, 1.54) is 4.90 Å². The Morgan fingerprint density at radius 2 is 1.68 bits per heavy atom. The Morgan fingerprint density at radius 1 is 1.05 bits per heavy atom. The maximum Gasteiger partial charge on any atom is 0.416 e. The van der Waals surface area contributed by atoms with Gasteiger partial charge < -0.3 is 10.2 Å².